The van der Waals surface area contributed by atoms with Gasteiger partial charge in [0, 0.05) is 12.2 Å². The molecule has 0 aromatic rings. The number of ketones is 1. The highest BCUT2D eigenvalue weighted by molar-refractivity contribution is 6.14. The molecule has 1 aliphatic heterocycles. The van der Waals surface area contributed by atoms with Crippen LogP contribution < -0.4 is 5.32 Å². The Morgan fingerprint density at radius 3 is 2.72 bits per heavy atom. The van der Waals surface area contributed by atoms with E-state index < -0.39 is 11.6 Å². The molecular weight excluding hydrogens is 234 g/mol. The van der Waals surface area contributed by atoms with Crippen molar-refractivity contribution >= 4 is 11.9 Å². The summed E-state index contributed by atoms with van der Waals surface area (Å²) in [7, 11) is 0. The Morgan fingerprint density at radius 1 is 1.44 bits per heavy atom. The van der Waals surface area contributed by atoms with E-state index in [1.165, 1.54) is 0 Å². The van der Waals surface area contributed by atoms with Gasteiger partial charge in [-0.25, -0.2) is 4.79 Å². The average molecular weight is 251 g/mol. The lowest BCUT2D eigenvalue weighted by atomic mass is 9.86. The molecule has 1 fully saturated rings. The molecule has 1 aliphatic carbocycles. The van der Waals surface area contributed by atoms with Crippen LogP contribution in [-0.4, -0.2) is 35.7 Å². The number of aliphatic hydroxyl groups excluding tert-OH is 1. The molecule has 1 spiro atoms. The van der Waals surface area contributed by atoms with Gasteiger partial charge in [-0.15, -0.1) is 0 Å². The molecule has 1 atom stereocenters. The van der Waals surface area contributed by atoms with Crippen LogP contribution in [0.4, 0.5) is 4.79 Å². The number of alkyl carbamates (subject to hydrolysis) is 1. The first-order valence-corrected chi connectivity index (χ1v) is 6.03. The molecule has 2 aliphatic rings. The Morgan fingerprint density at radius 2 is 2.17 bits per heavy atom. The summed E-state index contributed by atoms with van der Waals surface area (Å²) in [5.74, 6) is -0.111. The number of aliphatic hydroxyl groups is 1. The molecule has 5 heteroatoms. The molecule has 1 saturated heterocycles. The molecule has 5 nitrogen and oxygen atoms in total. The van der Waals surface area contributed by atoms with Crippen LogP contribution in [0.2, 0.25) is 0 Å². The van der Waals surface area contributed by atoms with E-state index in [1.54, 1.807) is 6.92 Å². The van der Waals surface area contributed by atoms with Crippen molar-refractivity contribution in [3.8, 4) is 0 Å². The largest absolute Gasteiger partial charge is 0.446 e. The van der Waals surface area contributed by atoms with Gasteiger partial charge in [0.15, 0.2) is 5.78 Å². The van der Waals surface area contributed by atoms with Gasteiger partial charge in [0.2, 0.25) is 0 Å². The fraction of sp³-hybridized carbons (Fsp3) is 0.538. The lowest BCUT2D eigenvalue weighted by Crippen LogP contribution is -2.45. The Bertz CT molecular complexity index is 452. The summed E-state index contributed by atoms with van der Waals surface area (Å²) in [4.78, 5) is 23.3. The number of hydrogen-bond acceptors (Lipinski definition) is 4. The summed E-state index contributed by atoms with van der Waals surface area (Å²) in [6.45, 7) is 5.80. The molecular formula is C13H17NO4. The van der Waals surface area contributed by atoms with E-state index >= 15 is 0 Å². The Labute approximate surface area is 106 Å². The first kappa shape index (κ1) is 12.8. The van der Waals surface area contributed by atoms with E-state index in [0.29, 0.717) is 24.0 Å². The average Bonchev–Trinajstić information content (AvgIpc) is 2.81. The number of rotatable bonds is 4. The van der Waals surface area contributed by atoms with Gasteiger partial charge in [0.25, 0.3) is 0 Å². The van der Waals surface area contributed by atoms with Gasteiger partial charge < -0.3 is 15.2 Å². The minimum Gasteiger partial charge on any atom is -0.446 e. The molecule has 0 aromatic carbocycles. The first-order chi connectivity index (χ1) is 8.53. The SMILES string of the molecule is C=C1C(=O)C(C)=C(CCCCO)C12COC(=O)N2. The fourth-order valence-electron chi connectivity index (χ4n) is 2.62. The van der Waals surface area contributed by atoms with Crippen molar-refractivity contribution in [1.29, 1.82) is 0 Å². The number of hydrogen-bond donors (Lipinski definition) is 2. The molecule has 1 heterocycles. The number of carbonyl (C=O) groups is 2. The second kappa shape index (κ2) is 4.57. The summed E-state index contributed by atoms with van der Waals surface area (Å²) >= 11 is 0. The number of unbranched alkanes of at least 4 members (excludes halogenated alkanes) is 1. The zero-order valence-corrected chi connectivity index (χ0v) is 10.4. The van der Waals surface area contributed by atoms with Crippen molar-refractivity contribution in [2.45, 2.75) is 31.7 Å². The zero-order chi connectivity index (χ0) is 13.3. The van der Waals surface area contributed by atoms with Gasteiger partial charge in [-0.05, 0) is 37.3 Å². The van der Waals surface area contributed by atoms with E-state index in [1.807, 2.05) is 0 Å². The van der Waals surface area contributed by atoms with Gasteiger partial charge in [-0.1, -0.05) is 6.58 Å². The van der Waals surface area contributed by atoms with Gasteiger partial charge in [0.05, 0.1) is 0 Å². The summed E-state index contributed by atoms with van der Waals surface area (Å²) < 4.78 is 4.95. The third kappa shape index (κ3) is 1.75. The molecule has 1 amide bonds. The summed E-state index contributed by atoms with van der Waals surface area (Å²) in [5.41, 5.74) is 1.05. The number of amides is 1. The highest BCUT2D eigenvalue weighted by atomic mass is 16.6. The second-order valence-corrected chi connectivity index (χ2v) is 4.70. The van der Waals surface area contributed by atoms with Crippen molar-refractivity contribution < 1.29 is 19.4 Å². The topological polar surface area (TPSA) is 75.6 Å². The second-order valence-electron chi connectivity index (χ2n) is 4.70. The summed E-state index contributed by atoms with van der Waals surface area (Å²) in [5, 5.41) is 11.5. The Hall–Kier alpha value is -1.62. The molecule has 98 valence electrons. The van der Waals surface area contributed by atoms with Gasteiger partial charge in [0.1, 0.15) is 12.1 Å². The molecule has 0 aromatic heterocycles. The predicted molar refractivity (Wildman–Crippen MR) is 65.0 cm³/mol. The minimum atomic E-state index is -0.840. The Kier molecular flexibility index (Phi) is 3.26. The quantitative estimate of drug-likeness (QED) is 0.579. The van der Waals surface area contributed by atoms with E-state index in [0.717, 1.165) is 12.0 Å². The Balaban J connectivity index is 2.29. The zero-order valence-electron chi connectivity index (χ0n) is 10.4. The smallest absolute Gasteiger partial charge is 0.408 e. The molecule has 18 heavy (non-hydrogen) atoms. The van der Waals surface area contributed by atoms with E-state index in [-0.39, 0.29) is 19.0 Å². The third-order valence-electron chi connectivity index (χ3n) is 3.67. The van der Waals surface area contributed by atoms with Crippen molar-refractivity contribution in [3.05, 3.63) is 23.3 Å². The maximum absolute atomic E-state index is 12.0. The summed E-state index contributed by atoms with van der Waals surface area (Å²) in [6, 6.07) is 0. The maximum atomic E-state index is 12.0. The standard InChI is InChI=1S/C13H17NO4/c1-8-10(5-3-4-6-15)13(9(2)11(8)16)7-18-12(17)14-13/h15H,2-7H2,1H3,(H,14,17). The van der Waals surface area contributed by atoms with Crippen molar-refractivity contribution in [3.63, 3.8) is 0 Å². The van der Waals surface area contributed by atoms with Crippen LogP contribution in [-0.2, 0) is 9.53 Å². The van der Waals surface area contributed by atoms with E-state index in [2.05, 4.69) is 11.9 Å². The molecule has 0 radical (unpaired) electrons. The predicted octanol–water partition coefficient (Wildman–Crippen LogP) is 1.08. The number of allylic oxidation sites excluding steroid dienone is 1. The van der Waals surface area contributed by atoms with Crippen LogP contribution in [0.1, 0.15) is 26.2 Å². The lowest BCUT2D eigenvalue weighted by molar-refractivity contribution is -0.112. The van der Waals surface area contributed by atoms with Crippen LogP contribution in [0.15, 0.2) is 23.3 Å². The van der Waals surface area contributed by atoms with Crippen molar-refractivity contribution in [1.82, 2.24) is 5.32 Å². The van der Waals surface area contributed by atoms with E-state index in [4.69, 9.17) is 9.84 Å². The highest BCUT2D eigenvalue weighted by Gasteiger charge is 2.52. The number of cyclic esters (lactones) is 1. The van der Waals surface area contributed by atoms with Gasteiger partial charge >= 0.3 is 6.09 Å². The first-order valence-electron chi connectivity index (χ1n) is 6.03. The van der Waals surface area contributed by atoms with Gasteiger partial charge in [-0.2, -0.15) is 0 Å². The van der Waals surface area contributed by atoms with Crippen LogP contribution in [0, 0.1) is 0 Å². The lowest BCUT2D eigenvalue weighted by Gasteiger charge is -2.25. The number of ether oxygens (including phenoxy) is 1. The number of Topliss-reactive ketones (excluding diaryl/α,β-unsaturated/α-hetero) is 1. The molecule has 2 N–H and O–H groups in total. The van der Waals surface area contributed by atoms with E-state index in [9.17, 15) is 9.59 Å². The third-order valence-corrected chi connectivity index (χ3v) is 3.67. The van der Waals surface area contributed by atoms with Gasteiger partial charge in [-0.3, -0.25) is 4.79 Å². The molecule has 1 unspecified atom stereocenters. The minimum absolute atomic E-state index is 0.111. The van der Waals surface area contributed by atoms with Crippen LogP contribution >= 0.6 is 0 Å². The number of carbonyl (C=O) groups excluding carboxylic acids is 2. The molecule has 0 bridgehead atoms. The molecule has 0 saturated carbocycles. The summed E-state index contributed by atoms with van der Waals surface area (Å²) in [6.07, 6.45) is 1.57. The van der Waals surface area contributed by atoms with Crippen LogP contribution in [0.5, 0.6) is 0 Å². The van der Waals surface area contributed by atoms with Crippen LogP contribution in [0.25, 0.3) is 0 Å². The normalized spacial score (nSPS) is 27.1. The molecule has 2 rings (SSSR count). The monoisotopic (exact) mass is 251 g/mol. The highest BCUT2D eigenvalue weighted by Crippen LogP contribution is 2.41. The van der Waals surface area contributed by atoms with Crippen molar-refractivity contribution in [2.75, 3.05) is 13.2 Å². The maximum Gasteiger partial charge on any atom is 0.408 e. The van der Waals surface area contributed by atoms with Crippen molar-refractivity contribution in [2.24, 2.45) is 0 Å². The fourth-order valence-corrected chi connectivity index (χ4v) is 2.62. The number of nitrogens with one attached hydrogen (secondary N) is 1. The van der Waals surface area contributed by atoms with Crippen LogP contribution in [0.3, 0.4) is 0 Å².